The molecular weight excluding hydrogens is 134 g/mol. The first kappa shape index (κ1) is 7.08. The Morgan fingerprint density at radius 1 is 1.90 bits per heavy atom. The van der Waals surface area contributed by atoms with Gasteiger partial charge in [0.1, 0.15) is 12.4 Å². The molecule has 0 spiro atoms. The molecule has 1 amide bonds. The second-order valence-electron chi connectivity index (χ2n) is 2.20. The highest BCUT2D eigenvalue weighted by atomic mass is 16.6. The Balaban J connectivity index is 2.38. The van der Waals surface area contributed by atoms with E-state index < -0.39 is 5.91 Å². The minimum atomic E-state index is -0.402. The normalized spacial score (nSPS) is 19.4. The molecule has 0 aromatic carbocycles. The van der Waals surface area contributed by atoms with E-state index in [1.54, 1.807) is 12.4 Å². The van der Waals surface area contributed by atoms with Crippen LogP contribution in [0.5, 0.6) is 0 Å². The molecule has 0 radical (unpaired) electrons. The molecule has 0 bridgehead atoms. The van der Waals surface area contributed by atoms with Crippen molar-refractivity contribution in [1.82, 2.24) is 5.48 Å². The number of nitrogens with one attached hydrogen (secondary N) is 1. The van der Waals surface area contributed by atoms with Crippen LogP contribution in [0.2, 0.25) is 0 Å². The van der Waals surface area contributed by atoms with Crippen LogP contribution in [0.1, 0.15) is 13.3 Å². The van der Waals surface area contributed by atoms with Crippen LogP contribution in [0.4, 0.5) is 0 Å². The van der Waals surface area contributed by atoms with E-state index >= 15 is 0 Å². The van der Waals surface area contributed by atoms with Crippen molar-refractivity contribution < 1.29 is 14.7 Å². The molecule has 0 saturated carbocycles. The van der Waals surface area contributed by atoms with Gasteiger partial charge in [-0.25, -0.2) is 5.48 Å². The van der Waals surface area contributed by atoms with Crippen molar-refractivity contribution in [3.05, 3.63) is 11.3 Å². The molecule has 1 rings (SSSR count). The third-order valence-corrected chi connectivity index (χ3v) is 1.32. The number of amides is 1. The molecule has 1 fully saturated rings. The Labute approximate surface area is 58.4 Å². The molecule has 1 heterocycles. The maximum atomic E-state index is 10.5. The van der Waals surface area contributed by atoms with Gasteiger partial charge in [-0.15, -0.1) is 0 Å². The molecule has 4 heteroatoms. The lowest BCUT2D eigenvalue weighted by molar-refractivity contribution is -0.128. The first-order chi connectivity index (χ1) is 4.74. The van der Waals surface area contributed by atoms with Gasteiger partial charge in [0.05, 0.1) is 6.42 Å². The summed E-state index contributed by atoms with van der Waals surface area (Å²) in [5, 5.41) is 8.12. The highest BCUT2D eigenvalue weighted by Crippen LogP contribution is 2.21. The van der Waals surface area contributed by atoms with E-state index in [1.807, 2.05) is 0 Å². The quantitative estimate of drug-likeness (QED) is 0.329. The summed E-state index contributed by atoms with van der Waals surface area (Å²) in [5.41, 5.74) is 2.43. The van der Waals surface area contributed by atoms with Gasteiger partial charge in [-0.2, -0.15) is 0 Å². The zero-order chi connectivity index (χ0) is 7.56. The van der Waals surface area contributed by atoms with Gasteiger partial charge in [0.25, 0.3) is 0 Å². The number of epoxide rings is 1. The van der Waals surface area contributed by atoms with E-state index in [1.165, 1.54) is 0 Å². The predicted molar refractivity (Wildman–Crippen MR) is 33.2 cm³/mol. The standard InChI is InChI=1S/C6H9NO3/c1-4(5-3-10-5)2-6(8)7-9/h9H,2-3H2,1H3,(H,7,8)/b5-4+. The van der Waals surface area contributed by atoms with E-state index in [9.17, 15) is 4.79 Å². The third kappa shape index (κ3) is 1.73. The molecule has 0 aliphatic carbocycles. The SMILES string of the molecule is C/C(CC(=O)NO)=C1/CO1. The van der Waals surface area contributed by atoms with Crippen molar-refractivity contribution in [3.63, 3.8) is 0 Å². The van der Waals surface area contributed by atoms with Crippen LogP contribution in [0.3, 0.4) is 0 Å². The zero-order valence-corrected chi connectivity index (χ0v) is 5.68. The lowest BCUT2D eigenvalue weighted by Gasteiger charge is -1.94. The Hall–Kier alpha value is -1.03. The van der Waals surface area contributed by atoms with Crippen LogP contribution >= 0.6 is 0 Å². The minimum absolute atomic E-state index is 0.214. The monoisotopic (exact) mass is 143 g/mol. The summed E-state index contributed by atoms with van der Waals surface area (Å²) >= 11 is 0. The number of hydrogen-bond donors (Lipinski definition) is 2. The molecule has 10 heavy (non-hydrogen) atoms. The average molecular weight is 143 g/mol. The highest BCUT2D eigenvalue weighted by molar-refractivity contribution is 5.77. The van der Waals surface area contributed by atoms with E-state index in [-0.39, 0.29) is 6.42 Å². The van der Waals surface area contributed by atoms with Crippen LogP contribution < -0.4 is 5.48 Å². The summed E-state index contributed by atoms with van der Waals surface area (Å²) in [7, 11) is 0. The molecule has 4 nitrogen and oxygen atoms in total. The second kappa shape index (κ2) is 2.70. The van der Waals surface area contributed by atoms with E-state index in [2.05, 4.69) is 0 Å². The number of carbonyl (C=O) groups excluding carboxylic acids is 1. The van der Waals surface area contributed by atoms with Crippen molar-refractivity contribution in [3.8, 4) is 0 Å². The topological polar surface area (TPSA) is 61.9 Å². The lowest BCUT2D eigenvalue weighted by atomic mass is 10.2. The second-order valence-corrected chi connectivity index (χ2v) is 2.20. The van der Waals surface area contributed by atoms with Crippen LogP contribution in [0, 0.1) is 0 Å². The van der Waals surface area contributed by atoms with Gasteiger partial charge in [-0.1, -0.05) is 0 Å². The van der Waals surface area contributed by atoms with Crippen molar-refractivity contribution in [1.29, 1.82) is 0 Å². The minimum Gasteiger partial charge on any atom is -0.486 e. The summed E-state index contributed by atoms with van der Waals surface area (Å²) in [6, 6.07) is 0. The number of hydroxylamine groups is 1. The van der Waals surface area contributed by atoms with Crippen LogP contribution in [0.25, 0.3) is 0 Å². The van der Waals surface area contributed by atoms with Crippen molar-refractivity contribution in [2.75, 3.05) is 6.61 Å². The molecular formula is C6H9NO3. The van der Waals surface area contributed by atoms with Crippen molar-refractivity contribution in [2.45, 2.75) is 13.3 Å². The summed E-state index contributed by atoms with van der Waals surface area (Å²) in [6.07, 6.45) is 0.214. The van der Waals surface area contributed by atoms with Crippen molar-refractivity contribution in [2.24, 2.45) is 0 Å². The fourth-order valence-electron chi connectivity index (χ4n) is 0.661. The fourth-order valence-corrected chi connectivity index (χ4v) is 0.661. The maximum Gasteiger partial charge on any atom is 0.247 e. The number of rotatable bonds is 2. The molecule has 2 N–H and O–H groups in total. The Morgan fingerprint density at radius 2 is 2.50 bits per heavy atom. The van der Waals surface area contributed by atoms with Crippen LogP contribution in [-0.4, -0.2) is 17.7 Å². The Morgan fingerprint density at radius 3 is 2.90 bits per heavy atom. The first-order valence-corrected chi connectivity index (χ1v) is 2.98. The average Bonchev–Trinajstić information content (AvgIpc) is 2.68. The molecule has 1 aliphatic rings. The number of carbonyl (C=O) groups is 1. The molecule has 0 aromatic rings. The smallest absolute Gasteiger partial charge is 0.247 e. The third-order valence-electron chi connectivity index (χ3n) is 1.32. The summed E-state index contributed by atoms with van der Waals surface area (Å²) < 4.78 is 4.83. The molecule has 0 atom stereocenters. The van der Waals surface area contributed by atoms with Gasteiger partial charge in [-0.3, -0.25) is 10.0 Å². The fraction of sp³-hybridized carbons (Fsp3) is 0.500. The van der Waals surface area contributed by atoms with Gasteiger partial charge >= 0.3 is 0 Å². The van der Waals surface area contributed by atoms with Gasteiger partial charge in [0.2, 0.25) is 5.91 Å². The molecule has 56 valence electrons. The molecule has 0 unspecified atom stereocenters. The molecule has 1 aliphatic heterocycles. The number of hydrogen-bond acceptors (Lipinski definition) is 3. The summed E-state index contributed by atoms with van der Waals surface area (Å²) in [6.45, 7) is 2.43. The van der Waals surface area contributed by atoms with Crippen LogP contribution in [0.15, 0.2) is 11.3 Å². The van der Waals surface area contributed by atoms with Gasteiger partial charge in [0, 0.05) is 0 Å². The highest BCUT2D eigenvalue weighted by Gasteiger charge is 2.18. The van der Waals surface area contributed by atoms with Gasteiger partial charge in [-0.05, 0) is 12.5 Å². The Kier molecular flexibility index (Phi) is 1.91. The number of ether oxygens (including phenoxy) is 1. The summed E-state index contributed by atoms with van der Waals surface area (Å²) in [4.78, 5) is 10.5. The first-order valence-electron chi connectivity index (χ1n) is 2.98. The largest absolute Gasteiger partial charge is 0.486 e. The van der Waals surface area contributed by atoms with Crippen LogP contribution in [-0.2, 0) is 9.53 Å². The van der Waals surface area contributed by atoms with E-state index in [0.717, 1.165) is 11.3 Å². The predicted octanol–water partition coefficient (Wildman–Crippen LogP) is 0.186. The Bertz CT molecular complexity index is 179. The summed E-state index contributed by atoms with van der Waals surface area (Å²) in [5.74, 6) is 0.462. The maximum absolute atomic E-state index is 10.5. The molecule has 1 saturated heterocycles. The molecule has 0 aromatic heterocycles. The van der Waals surface area contributed by atoms with Crippen molar-refractivity contribution >= 4 is 5.91 Å². The zero-order valence-electron chi connectivity index (χ0n) is 5.68. The lowest BCUT2D eigenvalue weighted by Crippen LogP contribution is -2.18. The van der Waals surface area contributed by atoms with E-state index in [0.29, 0.717) is 6.61 Å². The van der Waals surface area contributed by atoms with E-state index in [4.69, 9.17) is 9.94 Å². The van der Waals surface area contributed by atoms with Gasteiger partial charge in [0.15, 0.2) is 0 Å². The van der Waals surface area contributed by atoms with Gasteiger partial charge < -0.3 is 4.74 Å².